The summed E-state index contributed by atoms with van der Waals surface area (Å²) in [4.78, 5) is 0. The van der Waals surface area contributed by atoms with Crippen LogP contribution in [0.25, 0.3) is 0 Å². The van der Waals surface area contributed by atoms with Crippen molar-refractivity contribution in [1.82, 2.24) is 0 Å². The van der Waals surface area contributed by atoms with E-state index in [-0.39, 0.29) is 0 Å². The van der Waals surface area contributed by atoms with Gasteiger partial charge in [-0.1, -0.05) is 26.0 Å². The zero-order chi connectivity index (χ0) is 10.0. The molecule has 0 spiro atoms. The Labute approximate surface area is 80.7 Å². The third-order valence-electron chi connectivity index (χ3n) is 2.53. The van der Waals surface area contributed by atoms with Crippen LogP contribution in [0.1, 0.15) is 36.5 Å². The maximum atomic E-state index is 5.42. The van der Waals surface area contributed by atoms with Gasteiger partial charge in [0.1, 0.15) is 5.75 Å². The highest BCUT2D eigenvalue weighted by molar-refractivity contribution is 5.46. The van der Waals surface area contributed by atoms with Crippen molar-refractivity contribution in [3.8, 4) is 5.75 Å². The zero-order valence-corrected chi connectivity index (χ0v) is 9.14. The third-order valence-corrected chi connectivity index (χ3v) is 2.53. The standard InChI is InChI=1S/C12H18O/c1-8(2)11-7-6-9(3)10(4)12(11)13-5/h6-8H,1-5H3. The van der Waals surface area contributed by atoms with Gasteiger partial charge in [0.25, 0.3) is 0 Å². The molecule has 1 rings (SSSR count). The Morgan fingerprint density at radius 2 is 1.77 bits per heavy atom. The fraction of sp³-hybridized carbons (Fsp3) is 0.500. The van der Waals surface area contributed by atoms with Crippen molar-refractivity contribution in [2.75, 3.05) is 7.11 Å². The molecule has 0 N–H and O–H groups in total. The molecule has 0 bridgehead atoms. The predicted octanol–water partition coefficient (Wildman–Crippen LogP) is 3.44. The Morgan fingerprint density at radius 3 is 2.23 bits per heavy atom. The van der Waals surface area contributed by atoms with Gasteiger partial charge in [0.2, 0.25) is 0 Å². The lowest BCUT2D eigenvalue weighted by molar-refractivity contribution is 0.404. The minimum absolute atomic E-state index is 0.522. The van der Waals surface area contributed by atoms with Crippen LogP contribution in [-0.2, 0) is 0 Å². The first kappa shape index (κ1) is 10.1. The van der Waals surface area contributed by atoms with Crippen LogP contribution in [0, 0.1) is 13.8 Å². The summed E-state index contributed by atoms with van der Waals surface area (Å²) in [5.41, 5.74) is 3.85. The van der Waals surface area contributed by atoms with Gasteiger partial charge < -0.3 is 4.74 Å². The Kier molecular flexibility index (Phi) is 2.97. The van der Waals surface area contributed by atoms with Gasteiger partial charge in [-0.3, -0.25) is 0 Å². The molecule has 0 aliphatic heterocycles. The first-order valence-electron chi connectivity index (χ1n) is 4.72. The molecule has 0 fully saturated rings. The molecule has 0 radical (unpaired) electrons. The van der Waals surface area contributed by atoms with Crippen molar-refractivity contribution in [2.45, 2.75) is 33.6 Å². The predicted molar refractivity (Wildman–Crippen MR) is 56.6 cm³/mol. The minimum atomic E-state index is 0.522. The van der Waals surface area contributed by atoms with Crippen LogP contribution in [0.3, 0.4) is 0 Å². The SMILES string of the molecule is COc1c(C(C)C)ccc(C)c1C. The first-order valence-corrected chi connectivity index (χ1v) is 4.72. The maximum absolute atomic E-state index is 5.42. The molecule has 1 aromatic carbocycles. The normalized spacial score (nSPS) is 10.6. The van der Waals surface area contributed by atoms with Crippen molar-refractivity contribution in [3.05, 3.63) is 28.8 Å². The molecule has 0 amide bonds. The van der Waals surface area contributed by atoms with E-state index in [1.807, 2.05) is 0 Å². The molecule has 1 aromatic rings. The van der Waals surface area contributed by atoms with Crippen LogP contribution in [0.2, 0.25) is 0 Å². The fourth-order valence-electron chi connectivity index (χ4n) is 1.54. The van der Waals surface area contributed by atoms with E-state index in [2.05, 4.69) is 39.8 Å². The topological polar surface area (TPSA) is 9.23 Å². The number of hydrogen-bond acceptors (Lipinski definition) is 1. The van der Waals surface area contributed by atoms with Crippen molar-refractivity contribution in [1.29, 1.82) is 0 Å². The average Bonchev–Trinajstić information content (AvgIpc) is 2.09. The van der Waals surface area contributed by atoms with Gasteiger partial charge in [-0.15, -0.1) is 0 Å². The van der Waals surface area contributed by atoms with E-state index in [9.17, 15) is 0 Å². The lowest BCUT2D eigenvalue weighted by Crippen LogP contribution is -1.98. The molecule has 0 atom stereocenters. The smallest absolute Gasteiger partial charge is 0.125 e. The van der Waals surface area contributed by atoms with E-state index < -0.39 is 0 Å². The molecule has 0 saturated heterocycles. The van der Waals surface area contributed by atoms with E-state index in [4.69, 9.17) is 4.74 Å². The van der Waals surface area contributed by atoms with E-state index in [0.29, 0.717) is 5.92 Å². The fourth-order valence-corrected chi connectivity index (χ4v) is 1.54. The lowest BCUT2D eigenvalue weighted by atomic mass is 9.97. The summed E-state index contributed by atoms with van der Waals surface area (Å²) in [6, 6.07) is 4.32. The van der Waals surface area contributed by atoms with Crippen molar-refractivity contribution in [2.24, 2.45) is 0 Å². The summed E-state index contributed by atoms with van der Waals surface area (Å²) in [5, 5.41) is 0. The van der Waals surface area contributed by atoms with E-state index >= 15 is 0 Å². The zero-order valence-electron chi connectivity index (χ0n) is 9.14. The molecule has 0 aromatic heterocycles. The van der Waals surface area contributed by atoms with Crippen LogP contribution >= 0.6 is 0 Å². The number of methoxy groups -OCH3 is 1. The van der Waals surface area contributed by atoms with E-state index in [0.717, 1.165) is 5.75 Å². The number of hydrogen-bond donors (Lipinski definition) is 0. The van der Waals surface area contributed by atoms with Crippen molar-refractivity contribution in [3.63, 3.8) is 0 Å². The molecule has 13 heavy (non-hydrogen) atoms. The van der Waals surface area contributed by atoms with Gasteiger partial charge in [0, 0.05) is 0 Å². The maximum Gasteiger partial charge on any atom is 0.125 e. The number of benzene rings is 1. The van der Waals surface area contributed by atoms with Crippen LogP contribution in [-0.4, -0.2) is 7.11 Å². The molecule has 1 nitrogen and oxygen atoms in total. The largest absolute Gasteiger partial charge is 0.496 e. The Balaban J connectivity index is 3.30. The average molecular weight is 178 g/mol. The van der Waals surface area contributed by atoms with Crippen LogP contribution in [0.4, 0.5) is 0 Å². The molecule has 72 valence electrons. The van der Waals surface area contributed by atoms with Crippen molar-refractivity contribution < 1.29 is 4.74 Å². The van der Waals surface area contributed by atoms with E-state index in [1.54, 1.807) is 7.11 Å². The number of rotatable bonds is 2. The molecule has 1 heteroatoms. The molecule has 0 heterocycles. The first-order chi connectivity index (χ1) is 6.07. The summed E-state index contributed by atoms with van der Waals surface area (Å²) in [6.07, 6.45) is 0. The molecular formula is C12H18O. The van der Waals surface area contributed by atoms with Crippen LogP contribution in [0.15, 0.2) is 12.1 Å². The Hall–Kier alpha value is -0.980. The molecular weight excluding hydrogens is 160 g/mol. The van der Waals surface area contributed by atoms with Gasteiger partial charge in [0.05, 0.1) is 7.11 Å². The summed E-state index contributed by atoms with van der Waals surface area (Å²) >= 11 is 0. The van der Waals surface area contributed by atoms with Gasteiger partial charge in [-0.25, -0.2) is 0 Å². The second kappa shape index (κ2) is 3.82. The van der Waals surface area contributed by atoms with Gasteiger partial charge in [-0.05, 0) is 36.5 Å². The Morgan fingerprint density at radius 1 is 1.15 bits per heavy atom. The van der Waals surface area contributed by atoms with Gasteiger partial charge in [0.15, 0.2) is 0 Å². The quantitative estimate of drug-likeness (QED) is 0.674. The van der Waals surface area contributed by atoms with Crippen molar-refractivity contribution >= 4 is 0 Å². The molecule has 0 saturated carbocycles. The number of ether oxygens (including phenoxy) is 1. The summed E-state index contributed by atoms with van der Waals surface area (Å²) < 4.78 is 5.42. The summed E-state index contributed by atoms with van der Waals surface area (Å²) in [7, 11) is 1.74. The highest BCUT2D eigenvalue weighted by Gasteiger charge is 2.10. The Bertz CT molecular complexity index is 300. The highest BCUT2D eigenvalue weighted by atomic mass is 16.5. The summed E-state index contributed by atoms with van der Waals surface area (Å²) in [5.74, 6) is 1.57. The second-order valence-corrected chi connectivity index (χ2v) is 3.78. The number of aryl methyl sites for hydroxylation is 1. The molecule has 0 aliphatic carbocycles. The monoisotopic (exact) mass is 178 g/mol. The summed E-state index contributed by atoms with van der Waals surface area (Å²) in [6.45, 7) is 8.60. The van der Waals surface area contributed by atoms with Crippen LogP contribution in [0.5, 0.6) is 5.75 Å². The lowest BCUT2D eigenvalue weighted by Gasteiger charge is -2.15. The van der Waals surface area contributed by atoms with Gasteiger partial charge in [-0.2, -0.15) is 0 Å². The second-order valence-electron chi connectivity index (χ2n) is 3.78. The van der Waals surface area contributed by atoms with E-state index in [1.165, 1.54) is 16.7 Å². The van der Waals surface area contributed by atoms with Crippen LogP contribution < -0.4 is 4.74 Å². The molecule has 0 unspecified atom stereocenters. The highest BCUT2D eigenvalue weighted by Crippen LogP contribution is 2.31. The molecule has 0 aliphatic rings. The van der Waals surface area contributed by atoms with Gasteiger partial charge >= 0.3 is 0 Å². The third kappa shape index (κ3) is 1.85. The minimum Gasteiger partial charge on any atom is -0.496 e.